The highest BCUT2D eigenvalue weighted by Gasteiger charge is 2.01. The Balaban J connectivity index is 0.000000156. The van der Waals surface area contributed by atoms with Gasteiger partial charge in [-0.1, -0.05) is 15.9 Å². The van der Waals surface area contributed by atoms with Gasteiger partial charge in [-0.05, 0) is 36.4 Å². The summed E-state index contributed by atoms with van der Waals surface area (Å²) in [6, 6.07) is 10.9. The van der Waals surface area contributed by atoms with Gasteiger partial charge in [0.25, 0.3) is 0 Å². The quantitative estimate of drug-likeness (QED) is 0.459. The minimum absolute atomic E-state index is 0.445. The molecule has 4 rings (SSSR count). The van der Waals surface area contributed by atoms with Crippen molar-refractivity contribution in [3.05, 3.63) is 58.8 Å². The van der Waals surface area contributed by atoms with E-state index in [9.17, 15) is 4.79 Å². The standard InChI is InChI=1S/C10H8N2O2.C9H7BrN2O/c1-14-10-5-11-8-3-2-7(6-13)4-9(8)12-10;1-13-9-5-11-7-3-2-6(10)4-8(7)12-9/h2-6H,1H3;2-5H,1H3. The van der Waals surface area contributed by atoms with E-state index in [1.165, 1.54) is 7.11 Å². The maximum absolute atomic E-state index is 10.5. The van der Waals surface area contributed by atoms with Crippen molar-refractivity contribution in [3.8, 4) is 11.8 Å². The summed E-state index contributed by atoms with van der Waals surface area (Å²) in [5, 5.41) is 0. The van der Waals surface area contributed by atoms with Gasteiger partial charge in [0.05, 0.1) is 48.7 Å². The van der Waals surface area contributed by atoms with Crippen LogP contribution in [0.15, 0.2) is 53.3 Å². The first-order chi connectivity index (χ1) is 13.1. The molecule has 2 aromatic heterocycles. The number of hydrogen-bond acceptors (Lipinski definition) is 7. The Morgan fingerprint density at radius 3 is 1.93 bits per heavy atom. The zero-order chi connectivity index (χ0) is 19.2. The predicted molar refractivity (Wildman–Crippen MR) is 105 cm³/mol. The smallest absolute Gasteiger partial charge is 0.232 e. The summed E-state index contributed by atoms with van der Waals surface area (Å²) in [6.07, 6.45) is 3.93. The number of aldehydes is 1. The summed E-state index contributed by atoms with van der Waals surface area (Å²) >= 11 is 3.37. The van der Waals surface area contributed by atoms with Gasteiger partial charge in [-0.2, -0.15) is 0 Å². The monoisotopic (exact) mass is 426 g/mol. The SMILES string of the molecule is COc1cnc2ccc(Br)cc2n1.COc1cnc2ccc(C=O)cc2n1. The van der Waals surface area contributed by atoms with Gasteiger partial charge in [-0.25, -0.2) is 19.9 Å². The van der Waals surface area contributed by atoms with Crippen molar-refractivity contribution in [2.24, 2.45) is 0 Å². The highest BCUT2D eigenvalue weighted by atomic mass is 79.9. The van der Waals surface area contributed by atoms with Crippen LogP contribution in [0.2, 0.25) is 0 Å². The number of fused-ring (bicyclic) bond motifs is 2. The predicted octanol–water partition coefficient (Wildman–Crippen LogP) is 3.85. The lowest BCUT2D eigenvalue weighted by Gasteiger charge is -2.00. The Hall–Kier alpha value is -3.13. The van der Waals surface area contributed by atoms with Crippen molar-refractivity contribution in [2.75, 3.05) is 14.2 Å². The van der Waals surface area contributed by atoms with E-state index >= 15 is 0 Å². The molecular formula is C19H15BrN4O3. The fourth-order valence-corrected chi connectivity index (χ4v) is 2.60. The van der Waals surface area contributed by atoms with E-state index in [0.717, 1.165) is 27.3 Å². The van der Waals surface area contributed by atoms with Gasteiger partial charge in [0.15, 0.2) is 0 Å². The molecule has 0 amide bonds. The number of methoxy groups -OCH3 is 2. The van der Waals surface area contributed by atoms with Gasteiger partial charge in [0, 0.05) is 10.0 Å². The first-order valence-corrected chi connectivity index (χ1v) is 8.64. The van der Waals surface area contributed by atoms with E-state index in [4.69, 9.17) is 9.47 Å². The number of rotatable bonds is 3. The second-order valence-corrected chi connectivity index (χ2v) is 6.24. The lowest BCUT2D eigenvalue weighted by molar-refractivity contribution is 0.112. The molecule has 0 radical (unpaired) electrons. The zero-order valence-corrected chi connectivity index (χ0v) is 16.2. The molecule has 0 saturated heterocycles. The van der Waals surface area contributed by atoms with Crippen LogP contribution in [-0.4, -0.2) is 40.4 Å². The van der Waals surface area contributed by atoms with Crippen LogP contribution in [0.3, 0.4) is 0 Å². The van der Waals surface area contributed by atoms with Gasteiger partial charge in [0.1, 0.15) is 6.29 Å². The van der Waals surface area contributed by atoms with Crippen LogP contribution in [0, 0.1) is 0 Å². The molecule has 2 heterocycles. The molecule has 136 valence electrons. The number of ether oxygens (including phenoxy) is 2. The Morgan fingerprint density at radius 2 is 1.37 bits per heavy atom. The Kier molecular flexibility index (Phi) is 5.87. The molecule has 0 N–H and O–H groups in total. The van der Waals surface area contributed by atoms with Crippen LogP contribution in [0.4, 0.5) is 0 Å². The summed E-state index contributed by atoms with van der Waals surface area (Å²) in [5.41, 5.74) is 3.68. The van der Waals surface area contributed by atoms with Gasteiger partial charge < -0.3 is 9.47 Å². The van der Waals surface area contributed by atoms with Gasteiger partial charge in [-0.3, -0.25) is 4.79 Å². The van der Waals surface area contributed by atoms with Gasteiger partial charge >= 0.3 is 0 Å². The summed E-state index contributed by atoms with van der Waals surface area (Å²) in [7, 11) is 3.10. The third kappa shape index (κ3) is 4.53. The molecule has 4 aromatic rings. The second-order valence-electron chi connectivity index (χ2n) is 5.32. The first kappa shape index (κ1) is 18.7. The number of aromatic nitrogens is 4. The first-order valence-electron chi connectivity index (χ1n) is 7.85. The van der Waals surface area contributed by atoms with Crippen molar-refractivity contribution in [2.45, 2.75) is 0 Å². The largest absolute Gasteiger partial charge is 0.480 e. The third-order valence-corrected chi connectivity index (χ3v) is 4.07. The highest BCUT2D eigenvalue weighted by molar-refractivity contribution is 9.10. The molecule has 0 atom stereocenters. The maximum atomic E-state index is 10.5. The van der Waals surface area contributed by atoms with Crippen LogP contribution >= 0.6 is 15.9 Å². The van der Waals surface area contributed by atoms with Crippen molar-refractivity contribution in [1.82, 2.24) is 19.9 Å². The van der Waals surface area contributed by atoms with Crippen LogP contribution in [0.5, 0.6) is 11.8 Å². The van der Waals surface area contributed by atoms with Crippen LogP contribution in [-0.2, 0) is 0 Å². The second kappa shape index (κ2) is 8.50. The zero-order valence-electron chi connectivity index (χ0n) is 14.6. The number of carbonyl (C=O) groups is 1. The third-order valence-electron chi connectivity index (χ3n) is 3.58. The van der Waals surface area contributed by atoms with E-state index in [0.29, 0.717) is 22.8 Å². The molecule has 0 unspecified atom stereocenters. The topological polar surface area (TPSA) is 87.1 Å². The molecule has 0 aliphatic heterocycles. The summed E-state index contributed by atoms with van der Waals surface area (Å²) in [6.45, 7) is 0. The molecular weight excluding hydrogens is 412 g/mol. The van der Waals surface area contributed by atoms with E-state index < -0.39 is 0 Å². The minimum atomic E-state index is 0.445. The molecule has 0 aliphatic carbocycles. The van der Waals surface area contributed by atoms with Crippen LogP contribution < -0.4 is 9.47 Å². The lowest BCUT2D eigenvalue weighted by Crippen LogP contribution is -1.91. The number of halogens is 1. The van der Waals surface area contributed by atoms with Gasteiger partial charge in [0.2, 0.25) is 11.8 Å². The summed E-state index contributed by atoms with van der Waals surface area (Å²) < 4.78 is 10.9. The lowest BCUT2D eigenvalue weighted by atomic mass is 10.2. The van der Waals surface area contributed by atoms with Gasteiger partial charge in [-0.15, -0.1) is 0 Å². The number of carbonyl (C=O) groups excluding carboxylic acids is 1. The number of hydrogen-bond donors (Lipinski definition) is 0. The number of benzene rings is 2. The van der Waals surface area contributed by atoms with Crippen molar-refractivity contribution >= 4 is 44.3 Å². The fraction of sp³-hybridized carbons (Fsp3) is 0.105. The molecule has 0 spiro atoms. The average molecular weight is 427 g/mol. The molecule has 0 saturated carbocycles. The van der Waals surface area contributed by atoms with Crippen molar-refractivity contribution in [3.63, 3.8) is 0 Å². The molecule has 0 aliphatic rings. The normalized spacial score (nSPS) is 10.2. The average Bonchev–Trinajstić information content (AvgIpc) is 2.72. The fourth-order valence-electron chi connectivity index (χ4n) is 2.25. The van der Waals surface area contributed by atoms with E-state index in [-0.39, 0.29) is 0 Å². The Morgan fingerprint density at radius 1 is 0.815 bits per heavy atom. The van der Waals surface area contributed by atoms with E-state index in [1.54, 1.807) is 37.7 Å². The molecule has 27 heavy (non-hydrogen) atoms. The van der Waals surface area contributed by atoms with Crippen LogP contribution in [0.1, 0.15) is 10.4 Å². The minimum Gasteiger partial charge on any atom is -0.480 e. The molecule has 7 nitrogen and oxygen atoms in total. The van der Waals surface area contributed by atoms with E-state index in [2.05, 4.69) is 35.9 Å². The van der Waals surface area contributed by atoms with Crippen molar-refractivity contribution < 1.29 is 14.3 Å². The molecule has 0 fully saturated rings. The van der Waals surface area contributed by atoms with Crippen LogP contribution in [0.25, 0.3) is 22.1 Å². The molecule has 2 aromatic carbocycles. The summed E-state index contributed by atoms with van der Waals surface area (Å²) in [5.74, 6) is 0.978. The molecule has 0 bridgehead atoms. The number of nitrogens with zero attached hydrogens (tertiary/aromatic N) is 4. The highest BCUT2D eigenvalue weighted by Crippen LogP contribution is 2.18. The Bertz CT molecular complexity index is 1100. The van der Waals surface area contributed by atoms with Crippen molar-refractivity contribution in [1.29, 1.82) is 0 Å². The maximum Gasteiger partial charge on any atom is 0.232 e. The summed E-state index contributed by atoms with van der Waals surface area (Å²) in [4.78, 5) is 27.2. The molecule has 8 heteroatoms. The van der Waals surface area contributed by atoms with E-state index in [1.807, 2.05) is 18.2 Å². The Labute approximate surface area is 163 Å².